The molecule has 135 valence electrons. The van der Waals surface area contributed by atoms with Gasteiger partial charge in [-0.2, -0.15) is 0 Å². The van der Waals surface area contributed by atoms with Gasteiger partial charge in [-0.05, 0) is 26.0 Å². The number of benzene rings is 1. The average Bonchev–Trinajstić information content (AvgIpc) is 2.67. The molecule has 3 aromatic rings. The summed E-state index contributed by atoms with van der Waals surface area (Å²) >= 11 is 2.10. The molecule has 0 spiro atoms. The summed E-state index contributed by atoms with van der Waals surface area (Å²) in [6, 6.07) is 12.1. The van der Waals surface area contributed by atoms with Gasteiger partial charge in [-0.1, -0.05) is 24.3 Å². The predicted octanol–water partition coefficient (Wildman–Crippen LogP) is 4.30. The molecule has 0 fully saturated rings. The molecule has 8 heteroatoms. The third-order valence-electron chi connectivity index (χ3n) is 3.11. The van der Waals surface area contributed by atoms with Gasteiger partial charge >= 0.3 is 25.4 Å². The summed E-state index contributed by atoms with van der Waals surface area (Å²) in [4.78, 5) is 29.1. The van der Waals surface area contributed by atoms with Gasteiger partial charge in [-0.3, -0.25) is 9.97 Å². The molecule has 2 aromatic heterocycles. The first kappa shape index (κ1) is 21.8. The van der Waals surface area contributed by atoms with E-state index in [2.05, 4.69) is 70.3 Å². The molecule has 0 aliphatic rings. The fraction of sp³-hybridized carbons (Fsp3) is 0.222. The topological polar surface area (TPSA) is 88.1 Å². The van der Waals surface area contributed by atoms with Crippen LogP contribution in [0.5, 0.6) is 0 Å². The van der Waals surface area contributed by atoms with Crippen LogP contribution in [0.2, 0.25) is 0 Å². The van der Waals surface area contributed by atoms with Crippen LogP contribution in [0, 0.1) is 0 Å². The van der Waals surface area contributed by atoms with Crippen molar-refractivity contribution in [3.8, 4) is 0 Å². The second kappa shape index (κ2) is 12.2. The summed E-state index contributed by atoms with van der Waals surface area (Å²) in [7, 11) is 4.51. The van der Waals surface area contributed by atoms with Crippen LogP contribution < -0.4 is 0 Å². The van der Waals surface area contributed by atoms with Crippen molar-refractivity contribution >= 4 is 43.7 Å². The fourth-order valence-electron chi connectivity index (χ4n) is 2.09. The molecule has 0 bridgehead atoms. The summed E-state index contributed by atoms with van der Waals surface area (Å²) < 4.78 is 0. The Hall–Kier alpha value is -2.20. The Kier molecular flexibility index (Phi) is 10.3. The van der Waals surface area contributed by atoms with E-state index < -0.39 is 0 Å². The van der Waals surface area contributed by atoms with Crippen LogP contribution in [-0.4, -0.2) is 34.9 Å². The van der Waals surface area contributed by atoms with Gasteiger partial charge in [0, 0.05) is 35.0 Å². The molecular formula is C18H18ClCrN4O2. The number of carbonyl (C=O) groups excluding carboxylic acids is 2. The minimum atomic E-state index is -0.223. The number of nitrogens with zero attached hydrogens (tertiary/aromatic N) is 4. The van der Waals surface area contributed by atoms with E-state index in [-0.39, 0.29) is 11.8 Å². The number of hydrogen-bond donors (Lipinski definition) is 0. The number of rotatable bonds is 3. The van der Waals surface area contributed by atoms with Crippen LogP contribution in [0.1, 0.15) is 13.8 Å². The monoisotopic (exact) mass is 409 g/mol. The molecule has 0 atom stereocenters. The van der Waals surface area contributed by atoms with E-state index in [9.17, 15) is 9.59 Å². The molecule has 2 amide bonds. The Labute approximate surface area is 165 Å². The van der Waals surface area contributed by atoms with Gasteiger partial charge in [-0.15, -0.1) is 13.1 Å². The number of amides is 2. The molecule has 2 heterocycles. The zero-order valence-corrected chi connectivity index (χ0v) is 16.5. The average molecular weight is 410 g/mol. The predicted molar refractivity (Wildman–Crippen MR) is 101 cm³/mol. The van der Waals surface area contributed by atoms with E-state index >= 15 is 0 Å². The SMILES string of the molecule is CC(=O)[N-]CC[N-]C(C)=O.[Cl][Cr+2].c1cnc2c(c1)ccc1cccnc12. The van der Waals surface area contributed by atoms with Gasteiger partial charge in [0.1, 0.15) is 0 Å². The minimum Gasteiger partial charge on any atom is -0.254 e. The van der Waals surface area contributed by atoms with E-state index in [4.69, 9.17) is 0 Å². The number of halogens is 1. The van der Waals surface area contributed by atoms with Gasteiger partial charge < -0.3 is 20.2 Å². The zero-order valence-electron chi connectivity index (χ0n) is 14.4. The van der Waals surface area contributed by atoms with Gasteiger partial charge in [0.2, 0.25) is 0 Å². The summed E-state index contributed by atoms with van der Waals surface area (Å²) in [5.41, 5.74) is 1.95. The van der Waals surface area contributed by atoms with Crippen LogP contribution >= 0.6 is 10.0 Å². The molecule has 0 saturated carbocycles. The van der Waals surface area contributed by atoms with Crippen molar-refractivity contribution in [3.63, 3.8) is 0 Å². The van der Waals surface area contributed by atoms with Crippen molar-refractivity contribution in [1.29, 1.82) is 0 Å². The summed E-state index contributed by atoms with van der Waals surface area (Å²) in [6.45, 7) is 3.37. The summed E-state index contributed by atoms with van der Waals surface area (Å²) in [6.07, 6.45) is 3.60. The fourth-order valence-corrected chi connectivity index (χ4v) is 2.09. The van der Waals surface area contributed by atoms with Crippen LogP contribution in [0.4, 0.5) is 0 Å². The molecule has 0 aliphatic heterocycles. The van der Waals surface area contributed by atoms with Gasteiger partial charge in [0.15, 0.2) is 0 Å². The first-order chi connectivity index (χ1) is 12.6. The van der Waals surface area contributed by atoms with Gasteiger partial charge in [0.25, 0.3) is 0 Å². The maximum atomic E-state index is 10.2. The van der Waals surface area contributed by atoms with E-state index in [1.165, 1.54) is 13.8 Å². The van der Waals surface area contributed by atoms with Gasteiger partial charge in [-0.25, -0.2) is 0 Å². The van der Waals surface area contributed by atoms with Crippen molar-refractivity contribution in [3.05, 3.63) is 59.4 Å². The first-order valence-electron chi connectivity index (χ1n) is 7.68. The number of hydrogen-bond acceptors (Lipinski definition) is 4. The molecule has 0 aliphatic carbocycles. The third-order valence-corrected chi connectivity index (χ3v) is 3.11. The summed E-state index contributed by atoms with van der Waals surface area (Å²) in [5.74, 6) is -0.447. The number of carbonyl (C=O) groups is 2. The normalized spacial score (nSPS) is 9.31. The van der Waals surface area contributed by atoms with E-state index in [1.807, 2.05) is 12.1 Å². The second-order valence-corrected chi connectivity index (χ2v) is 5.02. The molecule has 3 rings (SSSR count). The third kappa shape index (κ3) is 7.36. The Bertz CT molecular complexity index is 790. The standard InChI is InChI=1S/C12H8N2.C6H12N2O2.ClH.Cr/c1-3-9-5-6-10-4-2-8-14-12(10)11(9)13-7-1;1-5(9)7-3-4-8-6(2)10;;/h1-8H;3-4H2,1-2H3,(H2,7,8,9,10);1H;/q;;;+3/p-3. The zero-order chi connectivity index (χ0) is 19.4. The molecule has 6 nitrogen and oxygen atoms in total. The Balaban J connectivity index is 0.000000252. The van der Waals surface area contributed by atoms with Crippen molar-refractivity contribution in [2.45, 2.75) is 13.8 Å². The Morgan fingerprint density at radius 3 is 1.58 bits per heavy atom. The largest absolute Gasteiger partial charge is 0.254 e. The minimum absolute atomic E-state index is 0.223. The number of aromatic nitrogens is 2. The summed E-state index contributed by atoms with van der Waals surface area (Å²) in [5, 5.41) is 9.30. The van der Waals surface area contributed by atoms with Crippen molar-refractivity contribution in [2.24, 2.45) is 0 Å². The maximum absolute atomic E-state index is 10.2. The Morgan fingerprint density at radius 1 is 0.846 bits per heavy atom. The van der Waals surface area contributed by atoms with Crippen molar-refractivity contribution < 1.29 is 25.0 Å². The van der Waals surface area contributed by atoms with Crippen LogP contribution in [0.15, 0.2) is 48.8 Å². The number of pyridine rings is 2. The van der Waals surface area contributed by atoms with Crippen molar-refractivity contribution in [2.75, 3.05) is 13.1 Å². The second-order valence-electron chi connectivity index (χ2n) is 5.02. The maximum Gasteiger partial charge on any atom is 0.0964 e. The van der Waals surface area contributed by atoms with Gasteiger partial charge in [0.05, 0.1) is 11.0 Å². The van der Waals surface area contributed by atoms with Crippen molar-refractivity contribution in [1.82, 2.24) is 9.97 Å². The molecule has 0 radical (unpaired) electrons. The van der Waals surface area contributed by atoms with Crippen LogP contribution in [-0.2, 0) is 25.0 Å². The quantitative estimate of drug-likeness (QED) is 0.476. The smallest absolute Gasteiger partial charge is 0.0964 e. The van der Waals surface area contributed by atoms with Crippen LogP contribution in [0.3, 0.4) is 0 Å². The van der Waals surface area contributed by atoms with E-state index in [0.29, 0.717) is 13.1 Å². The number of fused-ring (bicyclic) bond motifs is 3. The van der Waals surface area contributed by atoms with E-state index in [1.54, 1.807) is 12.4 Å². The molecule has 0 N–H and O–H groups in total. The molecule has 26 heavy (non-hydrogen) atoms. The molecular weight excluding hydrogens is 392 g/mol. The van der Waals surface area contributed by atoms with Crippen LogP contribution in [0.25, 0.3) is 32.4 Å². The Morgan fingerprint density at radius 2 is 1.23 bits per heavy atom. The first-order valence-corrected chi connectivity index (χ1v) is 9.43. The van der Waals surface area contributed by atoms with E-state index in [0.717, 1.165) is 21.8 Å². The molecule has 0 unspecified atom stereocenters. The molecule has 1 aromatic carbocycles. The molecule has 0 saturated heterocycles.